The molecule has 2 N–H and O–H groups in total. The molecule has 1 saturated carbocycles. The Hall–Kier alpha value is -0.540. The van der Waals surface area contributed by atoms with Gasteiger partial charge in [-0.2, -0.15) is 0 Å². The van der Waals surface area contributed by atoms with E-state index >= 15 is 0 Å². The summed E-state index contributed by atoms with van der Waals surface area (Å²) < 4.78 is 7.22. The van der Waals surface area contributed by atoms with Gasteiger partial charge in [0.15, 0.2) is 0 Å². The molecule has 0 unspecified atom stereocenters. The maximum atomic E-state index is 6.17. The minimum absolute atomic E-state index is 0.388. The van der Waals surface area contributed by atoms with Crippen molar-refractivity contribution in [3.63, 3.8) is 0 Å². The molecule has 1 fully saturated rings. The third-order valence-electron chi connectivity index (χ3n) is 3.30. The fourth-order valence-electron chi connectivity index (χ4n) is 2.39. The van der Waals surface area contributed by atoms with E-state index in [2.05, 4.69) is 22.0 Å². The first-order chi connectivity index (χ1) is 8.31. The number of hydrogen-bond acceptors (Lipinski definition) is 2. The molecule has 0 amide bonds. The predicted molar refractivity (Wildman–Crippen MR) is 74.4 cm³/mol. The van der Waals surface area contributed by atoms with E-state index in [1.165, 1.54) is 37.7 Å². The van der Waals surface area contributed by atoms with Crippen molar-refractivity contribution >= 4 is 15.9 Å². The zero-order valence-electron chi connectivity index (χ0n) is 10.1. The molecular weight excluding hydrogens is 278 g/mol. The molecule has 2 rings (SSSR count). The molecule has 17 heavy (non-hydrogen) atoms. The Morgan fingerprint density at radius 2 is 2.00 bits per heavy atom. The lowest BCUT2D eigenvalue weighted by Crippen LogP contribution is -2.20. The lowest BCUT2D eigenvalue weighted by atomic mass is 9.97. The summed E-state index contributed by atoms with van der Waals surface area (Å²) in [6, 6.07) is 6.19. The fraction of sp³-hybridized carbons (Fsp3) is 0.571. The molecular formula is C14H20BrNO. The van der Waals surface area contributed by atoms with Gasteiger partial charge in [-0.3, -0.25) is 0 Å². The highest BCUT2D eigenvalue weighted by Crippen LogP contribution is 2.32. The van der Waals surface area contributed by atoms with Crippen LogP contribution in [0.2, 0.25) is 0 Å². The van der Waals surface area contributed by atoms with E-state index in [9.17, 15) is 0 Å². The van der Waals surface area contributed by atoms with Crippen molar-refractivity contribution < 1.29 is 4.74 Å². The Kier molecular flexibility index (Phi) is 4.86. The van der Waals surface area contributed by atoms with Gasteiger partial charge in [0.1, 0.15) is 5.75 Å². The first-order valence-corrected chi connectivity index (χ1v) is 7.24. The standard InChI is InChI=1S/C14H20BrNO/c15-13-8-4-5-11(9-10-16)14(13)17-12-6-2-1-3-7-12/h4-5,8,12H,1-3,6-7,9-10,16H2. The van der Waals surface area contributed by atoms with Crippen LogP contribution in [-0.2, 0) is 6.42 Å². The minimum atomic E-state index is 0.388. The molecule has 1 aliphatic rings. The van der Waals surface area contributed by atoms with Crippen LogP contribution < -0.4 is 10.5 Å². The van der Waals surface area contributed by atoms with E-state index in [-0.39, 0.29) is 0 Å². The number of halogens is 1. The Labute approximate surface area is 112 Å². The van der Waals surface area contributed by atoms with Crippen LogP contribution in [0.3, 0.4) is 0 Å². The molecule has 1 aliphatic carbocycles. The molecule has 0 bridgehead atoms. The van der Waals surface area contributed by atoms with E-state index in [0.29, 0.717) is 12.6 Å². The summed E-state index contributed by atoms with van der Waals surface area (Å²) in [6.07, 6.45) is 7.57. The van der Waals surface area contributed by atoms with Crippen LogP contribution in [0.5, 0.6) is 5.75 Å². The minimum Gasteiger partial charge on any atom is -0.489 e. The number of nitrogens with two attached hydrogens (primary N) is 1. The van der Waals surface area contributed by atoms with E-state index in [1.807, 2.05) is 12.1 Å². The van der Waals surface area contributed by atoms with E-state index in [0.717, 1.165) is 16.6 Å². The number of benzene rings is 1. The zero-order valence-corrected chi connectivity index (χ0v) is 11.7. The monoisotopic (exact) mass is 297 g/mol. The Morgan fingerprint density at radius 1 is 1.24 bits per heavy atom. The quantitative estimate of drug-likeness (QED) is 0.920. The molecule has 0 aliphatic heterocycles. The summed E-state index contributed by atoms with van der Waals surface area (Å²) in [5.41, 5.74) is 6.86. The van der Waals surface area contributed by atoms with Gasteiger partial charge in [0.05, 0.1) is 10.6 Å². The van der Waals surface area contributed by atoms with Gasteiger partial charge in [0, 0.05) is 0 Å². The lowest BCUT2D eigenvalue weighted by molar-refractivity contribution is 0.152. The van der Waals surface area contributed by atoms with Crippen molar-refractivity contribution in [2.24, 2.45) is 5.73 Å². The molecule has 0 atom stereocenters. The third-order valence-corrected chi connectivity index (χ3v) is 3.92. The maximum absolute atomic E-state index is 6.17. The molecule has 0 radical (unpaired) electrons. The second kappa shape index (κ2) is 6.41. The molecule has 1 aromatic carbocycles. The second-order valence-corrected chi connectivity index (χ2v) is 5.50. The number of ether oxygens (including phenoxy) is 1. The summed E-state index contributed by atoms with van der Waals surface area (Å²) in [4.78, 5) is 0. The van der Waals surface area contributed by atoms with Crippen molar-refractivity contribution in [2.45, 2.75) is 44.6 Å². The molecule has 0 saturated heterocycles. The van der Waals surface area contributed by atoms with Gasteiger partial charge in [0.2, 0.25) is 0 Å². The topological polar surface area (TPSA) is 35.2 Å². The van der Waals surface area contributed by atoms with Crippen LogP contribution >= 0.6 is 15.9 Å². The van der Waals surface area contributed by atoms with Crippen molar-refractivity contribution in [3.8, 4) is 5.75 Å². The molecule has 3 heteroatoms. The molecule has 0 heterocycles. The summed E-state index contributed by atoms with van der Waals surface area (Å²) in [7, 11) is 0. The first kappa shape index (κ1) is 12.9. The molecule has 0 aromatic heterocycles. The highest BCUT2D eigenvalue weighted by atomic mass is 79.9. The highest BCUT2D eigenvalue weighted by molar-refractivity contribution is 9.10. The second-order valence-electron chi connectivity index (χ2n) is 4.64. The predicted octanol–water partition coefficient (Wildman–Crippen LogP) is 3.66. The van der Waals surface area contributed by atoms with Crippen LogP contribution in [0, 0.1) is 0 Å². The largest absolute Gasteiger partial charge is 0.489 e. The van der Waals surface area contributed by atoms with Crippen LogP contribution in [0.4, 0.5) is 0 Å². The maximum Gasteiger partial charge on any atom is 0.137 e. The van der Waals surface area contributed by atoms with E-state index < -0.39 is 0 Å². The number of para-hydroxylation sites is 1. The average Bonchev–Trinajstić information content (AvgIpc) is 2.35. The Morgan fingerprint density at radius 3 is 2.71 bits per heavy atom. The summed E-state index contributed by atoms with van der Waals surface area (Å²) in [5.74, 6) is 1.00. The third kappa shape index (κ3) is 3.46. The SMILES string of the molecule is NCCc1cccc(Br)c1OC1CCCCC1. The smallest absolute Gasteiger partial charge is 0.137 e. The Bertz CT molecular complexity index is 361. The molecule has 94 valence electrons. The van der Waals surface area contributed by atoms with Gasteiger partial charge >= 0.3 is 0 Å². The summed E-state index contributed by atoms with van der Waals surface area (Å²) in [6.45, 7) is 0.664. The Balaban J connectivity index is 2.12. The van der Waals surface area contributed by atoms with Crippen LogP contribution in [0.25, 0.3) is 0 Å². The normalized spacial score (nSPS) is 17.1. The molecule has 2 nitrogen and oxygen atoms in total. The number of hydrogen-bond donors (Lipinski definition) is 1. The van der Waals surface area contributed by atoms with Gasteiger partial charge in [0.25, 0.3) is 0 Å². The van der Waals surface area contributed by atoms with Gasteiger partial charge in [-0.05, 0) is 66.2 Å². The van der Waals surface area contributed by atoms with Gasteiger partial charge < -0.3 is 10.5 Å². The van der Waals surface area contributed by atoms with Gasteiger partial charge in [-0.25, -0.2) is 0 Å². The van der Waals surface area contributed by atoms with Crippen molar-refractivity contribution in [3.05, 3.63) is 28.2 Å². The highest BCUT2D eigenvalue weighted by Gasteiger charge is 2.17. The lowest BCUT2D eigenvalue weighted by Gasteiger charge is -2.25. The van der Waals surface area contributed by atoms with Crippen LogP contribution in [-0.4, -0.2) is 12.6 Å². The number of rotatable bonds is 4. The zero-order chi connectivity index (χ0) is 12.1. The van der Waals surface area contributed by atoms with Crippen LogP contribution in [0.15, 0.2) is 22.7 Å². The fourth-order valence-corrected chi connectivity index (χ4v) is 2.89. The summed E-state index contributed by atoms with van der Waals surface area (Å²) in [5, 5.41) is 0. The van der Waals surface area contributed by atoms with Gasteiger partial charge in [-0.15, -0.1) is 0 Å². The molecule has 1 aromatic rings. The average molecular weight is 298 g/mol. The van der Waals surface area contributed by atoms with E-state index in [1.54, 1.807) is 0 Å². The van der Waals surface area contributed by atoms with Crippen molar-refractivity contribution in [1.82, 2.24) is 0 Å². The van der Waals surface area contributed by atoms with E-state index in [4.69, 9.17) is 10.5 Å². The van der Waals surface area contributed by atoms with Crippen LogP contribution in [0.1, 0.15) is 37.7 Å². The van der Waals surface area contributed by atoms with Gasteiger partial charge in [-0.1, -0.05) is 18.6 Å². The molecule has 0 spiro atoms. The first-order valence-electron chi connectivity index (χ1n) is 6.45. The van der Waals surface area contributed by atoms with Crippen molar-refractivity contribution in [1.29, 1.82) is 0 Å². The van der Waals surface area contributed by atoms with Crippen molar-refractivity contribution in [2.75, 3.05) is 6.54 Å². The summed E-state index contributed by atoms with van der Waals surface area (Å²) >= 11 is 3.58.